The third kappa shape index (κ3) is 6.56. The number of nitrogens with one attached hydrogen (secondary N) is 1. The van der Waals surface area contributed by atoms with Crippen LogP contribution >= 0.6 is 0 Å². The molecule has 0 radical (unpaired) electrons. The molecule has 0 aliphatic rings. The summed E-state index contributed by atoms with van der Waals surface area (Å²) in [7, 11) is 0. The summed E-state index contributed by atoms with van der Waals surface area (Å²) in [5, 5.41) is 20.0. The van der Waals surface area contributed by atoms with Crippen molar-refractivity contribution >= 4 is 11.9 Å². The fourth-order valence-electron chi connectivity index (χ4n) is 1.70. The third-order valence-electron chi connectivity index (χ3n) is 2.55. The second-order valence-corrected chi connectivity index (χ2v) is 5.61. The van der Waals surface area contributed by atoms with Crippen LogP contribution in [0.15, 0.2) is 0 Å². The summed E-state index contributed by atoms with van der Waals surface area (Å²) < 4.78 is 0. The number of carbonyl (C=O) groups excluding carboxylic acids is 1. The topological polar surface area (TPSA) is 113 Å². The Morgan fingerprint density at radius 3 is 2.22 bits per heavy atom. The van der Waals surface area contributed by atoms with Gasteiger partial charge in [0.15, 0.2) is 0 Å². The monoisotopic (exact) mass is 260 g/mol. The maximum Gasteiger partial charge on any atom is 0.326 e. The maximum absolute atomic E-state index is 11.9. The predicted octanol–water partition coefficient (Wildman–Crippen LogP) is -0.0507. The van der Waals surface area contributed by atoms with Gasteiger partial charge in [0.1, 0.15) is 6.04 Å². The summed E-state index contributed by atoms with van der Waals surface area (Å²) >= 11 is 0. The first-order valence-electron chi connectivity index (χ1n) is 6.05. The number of hydrogen-bond donors (Lipinski definition) is 4. The molecule has 1 unspecified atom stereocenters. The Balaban J connectivity index is 4.55. The van der Waals surface area contributed by atoms with Crippen molar-refractivity contribution in [3.05, 3.63) is 0 Å². The molecule has 6 heteroatoms. The highest BCUT2D eigenvalue weighted by molar-refractivity contribution is 5.85. The van der Waals surface area contributed by atoms with E-state index in [9.17, 15) is 9.59 Å². The smallest absolute Gasteiger partial charge is 0.326 e. The van der Waals surface area contributed by atoms with Gasteiger partial charge in [-0.15, -0.1) is 0 Å². The van der Waals surface area contributed by atoms with Gasteiger partial charge in [0.05, 0.1) is 5.92 Å². The largest absolute Gasteiger partial charge is 0.480 e. The van der Waals surface area contributed by atoms with Crippen LogP contribution in [0.4, 0.5) is 0 Å². The van der Waals surface area contributed by atoms with Gasteiger partial charge in [-0.1, -0.05) is 20.8 Å². The van der Waals surface area contributed by atoms with Crippen molar-refractivity contribution < 1.29 is 19.8 Å². The number of aliphatic hydroxyl groups excluding tert-OH is 1. The molecular weight excluding hydrogens is 236 g/mol. The van der Waals surface area contributed by atoms with Gasteiger partial charge in [0.25, 0.3) is 0 Å². The lowest BCUT2D eigenvalue weighted by Crippen LogP contribution is -2.46. The van der Waals surface area contributed by atoms with Crippen LogP contribution in [-0.2, 0) is 9.59 Å². The van der Waals surface area contributed by atoms with Crippen molar-refractivity contribution in [2.75, 3.05) is 13.2 Å². The minimum atomic E-state index is -1.15. The van der Waals surface area contributed by atoms with Gasteiger partial charge in [0.2, 0.25) is 5.91 Å². The van der Waals surface area contributed by atoms with E-state index in [1.165, 1.54) is 0 Å². The van der Waals surface area contributed by atoms with Crippen LogP contribution in [0.1, 0.15) is 33.6 Å². The molecule has 0 bridgehead atoms. The van der Waals surface area contributed by atoms with Crippen LogP contribution in [0.3, 0.4) is 0 Å². The molecule has 6 nitrogen and oxygen atoms in total. The summed E-state index contributed by atoms with van der Waals surface area (Å²) in [5.74, 6) is -1.93. The number of amides is 1. The van der Waals surface area contributed by atoms with E-state index in [1.54, 1.807) is 0 Å². The Morgan fingerprint density at radius 2 is 1.89 bits per heavy atom. The molecule has 0 aromatic carbocycles. The Morgan fingerprint density at radius 1 is 1.33 bits per heavy atom. The first-order chi connectivity index (χ1) is 8.21. The fraction of sp³-hybridized carbons (Fsp3) is 0.833. The maximum atomic E-state index is 11.9. The quantitative estimate of drug-likeness (QED) is 0.512. The van der Waals surface area contributed by atoms with E-state index in [-0.39, 0.29) is 30.9 Å². The second-order valence-electron chi connectivity index (χ2n) is 5.61. The third-order valence-corrected chi connectivity index (χ3v) is 2.55. The molecule has 18 heavy (non-hydrogen) atoms. The first-order valence-corrected chi connectivity index (χ1v) is 6.05. The summed E-state index contributed by atoms with van der Waals surface area (Å²) in [5.41, 5.74) is 5.49. The summed E-state index contributed by atoms with van der Waals surface area (Å²) in [6.07, 6.45) is 0.578. The molecule has 0 aliphatic carbocycles. The predicted molar refractivity (Wildman–Crippen MR) is 67.9 cm³/mol. The van der Waals surface area contributed by atoms with Gasteiger partial charge in [-0.25, -0.2) is 4.79 Å². The molecule has 0 aromatic rings. The van der Waals surface area contributed by atoms with E-state index in [2.05, 4.69) is 5.32 Å². The van der Waals surface area contributed by atoms with Gasteiger partial charge < -0.3 is 21.3 Å². The van der Waals surface area contributed by atoms with Gasteiger partial charge in [-0.05, 0) is 11.8 Å². The van der Waals surface area contributed by atoms with E-state index in [4.69, 9.17) is 15.9 Å². The Hall–Kier alpha value is -1.14. The number of carboxylic acid groups (broad SMARTS) is 1. The highest BCUT2D eigenvalue weighted by Crippen LogP contribution is 2.24. The number of carboxylic acids is 1. The van der Waals surface area contributed by atoms with Crippen LogP contribution < -0.4 is 11.1 Å². The van der Waals surface area contributed by atoms with Gasteiger partial charge in [0, 0.05) is 19.6 Å². The molecule has 2 atom stereocenters. The van der Waals surface area contributed by atoms with Crippen molar-refractivity contribution in [3.63, 3.8) is 0 Å². The van der Waals surface area contributed by atoms with E-state index in [0.717, 1.165) is 0 Å². The number of aliphatic hydroxyl groups is 1. The Labute approximate surface area is 108 Å². The molecule has 1 amide bonds. The number of rotatable bonds is 7. The lowest BCUT2D eigenvalue weighted by molar-refractivity contribution is -0.143. The minimum absolute atomic E-state index is 0.00607. The molecule has 5 N–H and O–H groups in total. The van der Waals surface area contributed by atoms with Crippen molar-refractivity contribution in [1.82, 2.24) is 5.32 Å². The van der Waals surface area contributed by atoms with E-state index >= 15 is 0 Å². The highest BCUT2D eigenvalue weighted by Gasteiger charge is 2.27. The zero-order valence-corrected chi connectivity index (χ0v) is 11.3. The summed E-state index contributed by atoms with van der Waals surface area (Å²) in [6.45, 7) is 5.86. The highest BCUT2D eigenvalue weighted by atomic mass is 16.4. The Kier molecular flexibility index (Phi) is 6.86. The molecule has 0 aromatic heterocycles. The van der Waals surface area contributed by atoms with Crippen LogP contribution in [0.5, 0.6) is 0 Å². The number of hydrogen-bond acceptors (Lipinski definition) is 4. The second kappa shape index (κ2) is 7.33. The first kappa shape index (κ1) is 16.9. The number of nitrogens with two attached hydrogens (primary N) is 1. The molecule has 0 aliphatic heterocycles. The molecule has 0 rings (SSSR count). The van der Waals surface area contributed by atoms with Crippen LogP contribution in [0.2, 0.25) is 0 Å². The van der Waals surface area contributed by atoms with Crippen molar-refractivity contribution in [2.45, 2.75) is 39.7 Å². The zero-order chi connectivity index (χ0) is 14.3. The van der Waals surface area contributed by atoms with E-state index < -0.39 is 17.9 Å². The average molecular weight is 260 g/mol. The van der Waals surface area contributed by atoms with Crippen molar-refractivity contribution in [3.8, 4) is 0 Å². The SMILES string of the molecule is CC(C)(C)CC(CN)C(=O)N[C@H](CCO)C(=O)O. The van der Waals surface area contributed by atoms with Gasteiger partial charge in [-0.2, -0.15) is 0 Å². The van der Waals surface area contributed by atoms with Crippen LogP contribution in [0.25, 0.3) is 0 Å². The molecule has 0 heterocycles. The Bertz CT molecular complexity index is 286. The molecule has 0 saturated carbocycles. The minimum Gasteiger partial charge on any atom is -0.480 e. The fourth-order valence-corrected chi connectivity index (χ4v) is 1.70. The standard InChI is InChI=1S/C12H24N2O4/c1-12(2,3)6-8(7-13)10(16)14-9(4-5-15)11(17)18/h8-9,15H,4-7,13H2,1-3H3,(H,14,16)(H,17,18)/t8?,9-/m1/s1. The molecule has 106 valence electrons. The van der Waals surface area contributed by atoms with Crippen LogP contribution in [-0.4, -0.2) is 41.3 Å². The van der Waals surface area contributed by atoms with E-state index in [1.807, 2.05) is 20.8 Å². The molecular formula is C12H24N2O4. The number of aliphatic carboxylic acids is 1. The molecule has 0 spiro atoms. The van der Waals surface area contributed by atoms with Crippen LogP contribution in [0, 0.1) is 11.3 Å². The van der Waals surface area contributed by atoms with Gasteiger partial charge >= 0.3 is 5.97 Å². The lowest BCUT2D eigenvalue weighted by Gasteiger charge is -2.25. The summed E-state index contributed by atoms with van der Waals surface area (Å²) in [6, 6.07) is -1.06. The van der Waals surface area contributed by atoms with Gasteiger partial charge in [-0.3, -0.25) is 4.79 Å². The summed E-state index contributed by atoms with van der Waals surface area (Å²) in [4.78, 5) is 22.8. The zero-order valence-electron chi connectivity index (χ0n) is 11.3. The average Bonchev–Trinajstić information content (AvgIpc) is 2.23. The van der Waals surface area contributed by atoms with Crippen molar-refractivity contribution in [1.29, 1.82) is 0 Å². The molecule has 0 saturated heterocycles. The number of carbonyl (C=O) groups is 2. The molecule has 0 fully saturated rings. The van der Waals surface area contributed by atoms with Crippen molar-refractivity contribution in [2.24, 2.45) is 17.1 Å². The normalized spacial score (nSPS) is 14.9. The van der Waals surface area contributed by atoms with E-state index in [0.29, 0.717) is 6.42 Å². The lowest BCUT2D eigenvalue weighted by atomic mass is 9.84.